The number of aromatic nitrogens is 1. The molecule has 0 radical (unpaired) electrons. The van der Waals surface area contributed by atoms with Crippen LogP contribution in [0.1, 0.15) is 33.3 Å². The molecule has 34 heavy (non-hydrogen) atoms. The van der Waals surface area contributed by atoms with Gasteiger partial charge in [0.25, 0.3) is 0 Å². The van der Waals surface area contributed by atoms with Crippen LogP contribution in [0.5, 0.6) is 0 Å². The number of ether oxygens (including phenoxy) is 2. The molecule has 0 fully saturated rings. The van der Waals surface area contributed by atoms with Gasteiger partial charge in [0.05, 0.1) is 13.2 Å². The molecule has 1 heterocycles. The largest absolute Gasteiger partial charge is 0.476 e. The van der Waals surface area contributed by atoms with E-state index in [-0.39, 0.29) is 37.1 Å². The zero-order valence-corrected chi connectivity index (χ0v) is 18.3. The summed E-state index contributed by atoms with van der Waals surface area (Å²) in [6.45, 7) is -0.0876. The molecular weight excluding hydrogens is 442 g/mol. The van der Waals surface area contributed by atoms with Crippen LogP contribution in [0.2, 0.25) is 0 Å². The Hall–Kier alpha value is -4.18. The van der Waals surface area contributed by atoms with Crippen LogP contribution in [0.3, 0.4) is 0 Å². The number of carboxylic acids is 1. The minimum Gasteiger partial charge on any atom is -0.476 e. The van der Waals surface area contributed by atoms with Crippen LogP contribution in [0, 0.1) is 0 Å². The summed E-state index contributed by atoms with van der Waals surface area (Å²) in [4.78, 5) is 35.9. The first-order chi connectivity index (χ1) is 16.5. The van der Waals surface area contributed by atoms with Crippen molar-refractivity contribution in [3.05, 3.63) is 77.2 Å². The predicted molar refractivity (Wildman–Crippen MR) is 119 cm³/mol. The predicted octanol–water partition coefficient (Wildman–Crippen LogP) is 2.54. The van der Waals surface area contributed by atoms with Gasteiger partial charge in [-0.1, -0.05) is 53.7 Å². The Morgan fingerprint density at radius 3 is 2.32 bits per heavy atom. The number of amides is 2. The van der Waals surface area contributed by atoms with E-state index in [0.29, 0.717) is 0 Å². The average molecular weight is 465 g/mol. The summed E-state index contributed by atoms with van der Waals surface area (Å²) >= 11 is 0. The van der Waals surface area contributed by atoms with E-state index >= 15 is 0 Å². The molecule has 1 aliphatic rings. The van der Waals surface area contributed by atoms with Gasteiger partial charge in [-0.3, -0.25) is 4.79 Å². The summed E-state index contributed by atoms with van der Waals surface area (Å²) in [5.74, 6) is -1.75. The fourth-order valence-corrected chi connectivity index (χ4v) is 3.93. The van der Waals surface area contributed by atoms with Crippen molar-refractivity contribution in [3.8, 4) is 11.1 Å². The fourth-order valence-electron chi connectivity index (χ4n) is 3.93. The lowest BCUT2D eigenvalue weighted by Crippen LogP contribution is -2.49. The summed E-state index contributed by atoms with van der Waals surface area (Å²) in [7, 11) is 1.40. The van der Waals surface area contributed by atoms with Gasteiger partial charge in [0, 0.05) is 19.1 Å². The molecular formula is C24H23N3O7. The molecule has 2 amide bonds. The lowest BCUT2D eigenvalue weighted by molar-refractivity contribution is -0.124. The molecule has 0 saturated heterocycles. The van der Waals surface area contributed by atoms with Gasteiger partial charge >= 0.3 is 12.1 Å². The Bertz CT molecular complexity index is 1160. The maximum atomic E-state index is 12.5. The third-order valence-corrected chi connectivity index (χ3v) is 5.50. The van der Waals surface area contributed by atoms with Crippen LogP contribution < -0.4 is 10.6 Å². The molecule has 10 nitrogen and oxygen atoms in total. The van der Waals surface area contributed by atoms with E-state index in [2.05, 4.69) is 15.8 Å². The Morgan fingerprint density at radius 2 is 1.74 bits per heavy atom. The van der Waals surface area contributed by atoms with E-state index in [1.807, 2.05) is 48.5 Å². The normalized spacial score (nSPS) is 13.0. The summed E-state index contributed by atoms with van der Waals surface area (Å²) < 4.78 is 15.4. The number of nitrogens with one attached hydrogen (secondary N) is 2. The SMILES string of the molecule is COC[C@H](NC(=O)OCC1c2ccccc2-c2ccccc21)C(=O)NCc1cc(C(=O)O)no1. The summed E-state index contributed by atoms with van der Waals surface area (Å²) in [6.07, 6.45) is -0.758. The van der Waals surface area contributed by atoms with Crippen LogP contribution in [-0.4, -0.2) is 54.6 Å². The minimum absolute atomic E-state index is 0.0905. The van der Waals surface area contributed by atoms with Crippen molar-refractivity contribution in [3.63, 3.8) is 0 Å². The van der Waals surface area contributed by atoms with Crippen LogP contribution in [0.15, 0.2) is 59.1 Å². The number of carbonyl (C=O) groups is 3. The van der Waals surface area contributed by atoms with Gasteiger partial charge < -0.3 is 29.7 Å². The number of carbonyl (C=O) groups excluding carboxylic acids is 2. The monoisotopic (exact) mass is 465 g/mol. The Morgan fingerprint density at radius 1 is 1.09 bits per heavy atom. The van der Waals surface area contributed by atoms with Gasteiger partial charge in [-0.05, 0) is 22.3 Å². The van der Waals surface area contributed by atoms with Crippen molar-refractivity contribution in [2.24, 2.45) is 0 Å². The molecule has 1 aromatic heterocycles. The second-order valence-electron chi connectivity index (χ2n) is 7.68. The Labute approximate surface area is 194 Å². The second kappa shape index (κ2) is 10.2. The molecule has 176 valence electrons. The molecule has 0 aliphatic heterocycles. The van der Waals surface area contributed by atoms with Crippen molar-refractivity contribution in [1.82, 2.24) is 15.8 Å². The first-order valence-electron chi connectivity index (χ1n) is 10.5. The van der Waals surface area contributed by atoms with Crippen molar-refractivity contribution in [2.75, 3.05) is 20.3 Å². The number of alkyl carbamates (subject to hydrolysis) is 1. The maximum absolute atomic E-state index is 12.5. The van der Waals surface area contributed by atoms with Gasteiger partial charge in [0.2, 0.25) is 5.91 Å². The van der Waals surface area contributed by atoms with Gasteiger partial charge in [0.15, 0.2) is 11.5 Å². The zero-order valence-electron chi connectivity index (χ0n) is 18.3. The van der Waals surface area contributed by atoms with E-state index in [4.69, 9.17) is 19.1 Å². The second-order valence-corrected chi connectivity index (χ2v) is 7.68. The molecule has 3 aromatic rings. The molecule has 2 aromatic carbocycles. The first-order valence-corrected chi connectivity index (χ1v) is 10.5. The van der Waals surface area contributed by atoms with Gasteiger partial charge in [0.1, 0.15) is 12.6 Å². The van der Waals surface area contributed by atoms with E-state index < -0.39 is 24.0 Å². The molecule has 4 rings (SSSR count). The minimum atomic E-state index is -1.24. The number of methoxy groups -OCH3 is 1. The van der Waals surface area contributed by atoms with E-state index in [1.165, 1.54) is 13.2 Å². The number of aromatic carboxylic acids is 1. The molecule has 1 atom stereocenters. The first kappa shape index (κ1) is 23.0. The smallest absolute Gasteiger partial charge is 0.407 e. The summed E-state index contributed by atoms with van der Waals surface area (Å²) in [5, 5.41) is 17.3. The lowest BCUT2D eigenvalue weighted by Gasteiger charge is -2.19. The molecule has 10 heteroatoms. The average Bonchev–Trinajstić information content (AvgIpc) is 3.44. The third-order valence-electron chi connectivity index (χ3n) is 5.50. The highest BCUT2D eigenvalue weighted by molar-refractivity contribution is 5.86. The van der Waals surface area contributed by atoms with E-state index in [1.54, 1.807) is 0 Å². The molecule has 0 spiro atoms. The van der Waals surface area contributed by atoms with E-state index in [0.717, 1.165) is 22.3 Å². The summed E-state index contributed by atoms with van der Waals surface area (Å²) in [5.41, 5.74) is 4.12. The van der Waals surface area contributed by atoms with Crippen molar-refractivity contribution in [1.29, 1.82) is 0 Å². The number of hydrogen-bond donors (Lipinski definition) is 3. The standard InChI is InChI=1S/C24H23N3O7/c1-32-13-21(22(28)25-11-14-10-20(23(29)30)27-34-14)26-24(31)33-12-19-17-8-4-2-6-15(17)16-7-3-5-9-18(16)19/h2-10,19,21H,11-13H2,1H3,(H,25,28)(H,26,31)(H,29,30)/t21-/m0/s1. The Balaban J connectivity index is 1.35. The van der Waals surface area contributed by atoms with Crippen molar-refractivity contribution >= 4 is 18.0 Å². The maximum Gasteiger partial charge on any atom is 0.407 e. The molecule has 1 aliphatic carbocycles. The fraction of sp³-hybridized carbons (Fsp3) is 0.250. The summed E-state index contributed by atoms with van der Waals surface area (Å²) in [6, 6.07) is 16.1. The number of carboxylic acid groups (broad SMARTS) is 1. The third kappa shape index (κ3) is 4.91. The zero-order chi connectivity index (χ0) is 24.1. The quantitative estimate of drug-likeness (QED) is 0.438. The number of rotatable bonds is 9. The number of hydrogen-bond acceptors (Lipinski definition) is 7. The number of fused-ring (bicyclic) bond motifs is 3. The molecule has 0 unspecified atom stereocenters. The number of nitrogens with zero attached hydrogens (tertiary/aromatic N) is 1. The van der Waals surface area contributed by atoms with Gasteiger partial charge in [-0.2, -0.15) is 0 Å². The lowest BCUT2D eigenvalue weighted by atomic mass is 9.98. The van der Waals surface area contributed by atoms with E-state index in [9.17, 15) is 14.4 Å². The van der Waals surface area contributed by atoms with Gasteiger partial charge in [-0.25, -0.2) is 9.59 Å². The Kier molecular flexibility index (Phi) is 6.88. The van der Waals surface area contributed by atoms with Crippen molar-refractivity contribution in [2.45, 2.75) is 18.5 Å². The van der Waals surface area contributed by atoms with Crippen LogP contribution in [-0.2, 0) is 20.8 Å². The van der Waals surface area contributed by atoms with Crippen LogP contribution >= 0.6 is 0 Å². The topological polar surface area (TPSA) is 140 Å². The highest BCUT2D eigenvalue weighted by atomic mass is 16.5. The molecule has 0 saturated carbocycles. The molecule has 0 bridgehead atoms. The van der Waals surface area contributed by atoms with Crippen LogP contribution in [0.4, 0.5) is 4.79 Å². The highest BCUT2D eigenvalue weighted by Crippen LogP contribution is 2.44. The van der Waals surface area contributed by atoms with Crippen LogP contribution in [0.25, 0.3) is 11.1 Å². The van der Waals surface area contributed by atoms with Gasteiger partial charge in [-0.15, -0.1) is 0 Å². The highest BCUT2D eigenvalue weighted by Gasteiger charge is 2.30. The number of benzene rings is 2. The molecule has 3 N–H and O–H groups in total. The van der Waals surface area contributed by atoms with Crippen molar-refractivity contribution < 1.29 is 33.5 Å².